The average molecular weight is 270 g/mol. The molecule has 1 aliphatic rings. The Bertz CT molecular complexity index is 375. The summed E-state index contributed by atoms with van der Waals surface area (Å²) in [6.45, 7) is 3.69. The van der Waals surface area contributed by atoms with Crippen molar-refractivity contribution in [3.05, 3.63) is 23.5 Å². The second-order valence-corrected chi connectivity index (χ2v) is 4.92. The van der Waals surface area contributed by atoms with Gasteiger partial charge in [-0.1, -0.05) is 11.6 Å². The van der Waals surface area contributed by atoms with E-state index in [4.69, 9.17) is 16.3 Å². The maximum absolute atomic E-state index is 6.21. The lowest BCUT2D eigenvalue weighted by molar-refractivity contribution is 0.199. The lowest BCUT2D eigenvalue weighted by Gasteiger charge is -2.27. The van der Waals surface area contributed by atoms with E-state index in [0.717, 1.165) is 37.0 Å². The van der Waals surface area contributed by atoms with Crippen LogP contribution in [-0.2, 0) is 4.74 Å². The van der Waals surface area contributed by atoms with Crippen molar-refractivity contribution in [2.24, 2.45) is 0 Å². The summed E-state index contributed by atoms with van der Waals surface area (Å²) in [4.78, 5) is 6.42. The zero-order chi connectivity index (χ0) is 12.8. The van der Waals surface area contributed by atoms with Crippen molar-refractivity contribution >= 4 is 17.3 Å². The molecular weight excluding hydrogens is 250 g/mol. The lowest BCUT2D eigenvalue weighted by Crippen LogP contribution is -2.39. The van der Waals surface area contributed by atoms with Crippen molar-refractivity contribution in [3.8, 4) is 0 Å². The first-order valence-corrected chi connectivity index (χ1v) is 6.76. The number of ether oxygens (including phenoxy) is 1. The molecule has 0 amide bonds. The topological polar surface area (TPSA) is 37.4 Å². The number of aromatic nitrogens is 1. The quantitative estimate of drug-likeness (QED) is 0.801. The van der Waals surface area contributed by atoms with Crippen LogP contribution in [0.2, 0.25) is 5.02 Å². The molecule has 0 aliphatic carbocycles. The van der Waals surface area contributed by atoms with Gasteiger partial charge in [-0.25, -0.2) is 0 Å². The number of pyridine rings is 1. The maximum Gasteiger partial charge on any atom is 0.0822 e. The van der Waals surface area contributed by atoms with Gasteiger partial charge < -0.3 is 15.0 Å². The Morgan fingerprint density at radius 2 is 2.50 bits per heavy atom. The van der Waals surface area contributed by atoms with Gasteiger partial charge in [0.2, 0.25) is 0 Å². The number of anilines is 1. The second kappa shape index (κ2) is 6.92. The molecule has 0 saturated carbocycles. The van der Waals surface area contributed by atoms with Crippen LogP contribution in [0.1, 0.15) is 12.8 Å². The minimum Gasteiger partial charge on any atom is -0.383 e. The van der Waals surface area contributed by atoms with Gasteiger partial charge in [-0.05, 0) is 18.9 Å². The van der Waals surface area contributed by atoms with Crippen LogP contribution in [0.3, 0.4) is 0 Å². The molecule has 18 heavy (non-hydrogen) atoms. The molecule has 0 aromatic carbocycles. The van der Waals surface area contributed by atoms with Crippen molar-refractivity contribution < 1.29 is 4.74 Å². The van der Waals surface area contributed by atoms with E-state index in [0.29, 0.717) is 6.04 Å². The zero-order valence-corrected chi connectivity index (χ0v) is 11.5. The highest BCUT2D eigenvalue weighted by Crippen LogP contribution is 2.30. The molecule has 100 valence electrons. The van der Waals surface area contributed by atoms with Crippen molar-refractivity contribution in [3.63, 3.8) is 0 Å². The summed E-state index contributed by atoms with van der Waals surface area (Å²) in [6, 6.07) is 2.51. The fourth-order valence-electron chi connectivity index (χ4n) is 2.41. The third kappa shape index (κ3) is 3.34. The van der Waals surface area contributed by atoms with Crippen molar-refractivity contribution in [1.29, 1.82) is 0 Å². The molecule has 1 aliphatic heterocycles. The molecule has 2 rings (SSSR count). The Labute approximate surface area is 113 Å². The van der Waals surface area contributed by atoms with E-state index in [9.17, 15) is 0 Å². The summed E-state index contributed by atoms with van der Waals surface area (Å²) >= 11 is 6.21. The molecule has 1 N–H and O–H groups in total. The van der Waals surface area contributed by atoms with Crippen molar-refractivity contribution in [2.45, 2.75) is 18.9 Å². The van der Waals surface area contributed by atoms with Gasteiger partial charge in [0.1, 0.15) is 0 Å². The summed E-state index contributed by atoms with van der Waals surface area (Å²) < 4.78 is 5.03. The summed E-state index contributed by atoms with van der Waals surface area (Å²) in [5, 5.41) is 4.16. The predicted octanol–water partition coefficient (Wildman–Crippen LogP) is 1.94. The number of nitrogens with zero attached hydrogens (tertiary/aromatic N) is 2. The van der Waals surface area contributed by atoms with E-state index in [1.807, 2.05) is 6.07 Å². The van der Waals surface area contributed by atoms with Crippen LogP contribution in [0.15, 0.2) is 18.5 Å². The highest BCUT2D eigenvalue weighted by atomic mass is 35.5. The fraction of sp³-hybridized carbons (Fsp3) is 0.615. The molecule has 0 radical (unpaired) electrons. The zero-order valence-electron chi connectivity index (χ0n) is 10.7. The van der Waals surface area contributed by atoms with Crippen LogP contribution in [0.25, 0.3) is 0 Å². The SMILES string of the molecule is COCCNCC1CCCN1c1ccncc1Cl. The minimum atomic E-state index is 0.516. The number of halogens is 1. The van der Waals surface area contributed by atoms with Crippen LogP contribution in [0.4, 0.5) is 5.69 Å². The summed E-state index contributed by atoms with van der Waals surface area (Å²) in [7, 11) is 1.72. The molecule has 0 spiro atoms. The van der Waals surface area contributed by atoms with Gasteiger partial charge in [0.05, 0.1) is 17.3 Å². The Morgan fingerprint density at radius 3 is 3.28 bits per heavy atom. The van der Waals surface area contributed by atoms with Crippen LogP contribution < -0.4 is 10.2 Å². The van der Waals surface area contributed by atoms with Crippen LogP contribution in [0.5, 0.6) is 0 Å². The fourth-order valence-corrected chi connectivity index (χ4v) is 2.64. The largest absolute Gasteiger partial charge is 0.383 e. The van der Waals surface area contributed by atoms with Crippen molar-refractivity contribution in [2.75, 3.05) is 38.3 Å². The van der Waals surface area contributed by atoms with Crippen LogP contribution in [-0.4, -0.2) is 44.4 Å². The molecule has 2 heterocycles. The summed E-state index contributed by atoms with van der Waals surface area (Å²) in [5.74, 6) is 0. The third-order valence-electron chi connectivity index (χ3n) is 3.30. The Kier molecular flexibility index (Phi) is 5.23. The maximum atomic E-state index is 6.21. The second-order valence-electron chi connectivity index (χ2n) is 4.51. The van der Waals surface area contributed by atoms with Gasteiger partial charge >= 0.3 is 0 Å². The first-order chi connectivity index (χ1) is 8.83. The molecule has 1 aromatic rings. The van der Waals surface area contributed by atoms with E-state index in [1.54, 1.807) is 19.5 Å². The number of rotatable bonds is 6. The van der Waals surface area contributed by atoms with Crippen LogP contribution >= 0.6 is 11.6 Å². The smallest absolute Gasteiger partial charge is 0.0822 e. The molecule has 1 fully saturated rings. The van der Waals surface area contributed by atoms with E-state index >= 15 is 0 Å². The first kappa shape index (κ1) is 13.6. The average Bonchev–Trinajstić information content (AvgIpc) is 2.83. The number of hydrogen-bond acceptors (Lipinski definition) is 4. The molecule has 1 aromatic heterocycles. The molecule has 0 bridgehead atoms. The first-order valence-electron chi connectivity index (χ1n) is 6.38. The number of nitrogens with one attached hydrogen (secondary N) is 1. The molecule has 1 saturated heterocycles. The Balaban J connectivity index is 1.93. The predicted molar refractivity (Wildman–Crippen MR) is 74.4 cm³/mol. The lowest BCUT2D eigenvalue weighted by atomic mass is 10.2. The molecule has 1 atom stereocenters. The Morgan fingerprint density at radius 1 is 1.61 bits per heavy atom. The monoisotopic (exact) mass is 269 g/mol. The molecule has 4 nitrogen and oxygen atoms in total. The van der Waals surface area contributed by atoms with Gasteiger partial charge in [0, 0.05) is 45.2 Å². The van der Waals surface area contributed by atoms with E-state index < -0.39 is 0 Å². The van der Waals surface area contributed by atoms with Crippen molar-refractivity contribution in [1.82, 2.24) is 10.3 Å². The van der Waals surface area contributed by atoms with E-state index in [1.165, 1.54) is 12.8 Å². The van der Waals surface area contributed by atoms with Gasteiger partial charge in [-0.2, -0.15) is 0 Å². The van der Waals surface area contributed by atoms with Gasteiger partial charge in [-0.3, -0.25) is 4.98 Å². The molecule has 5 heteroatoms. The highest BCUT2D eigenvalue weighted by molar-refractivity contribution is 6.33. The van der Waals surface area contributed by atoms with Gasteiger partial charge in [-0.15, -0.1) is 0 Å². The number of hydrogen-bond donors (Lipinski definition) is 1. The molecular formula is C13H20ClN3O. The summed E-state index contributed by atoms with van der Waals surface area (Å²) in [6.07, 6.45) is 5.94. The normalized spacial score (nSPS) is 19.4. The van der Waals surface area contributed by atoms with E-state index in [-0.39, 0.29) is 0 Å². The highest BCUT2D eigenvalue weighted by Gasteiger charge is 2.25. The summed E-state index contributed by atoms with van der Waals surface area (Å²) in [5.41, 5.74) is 1.10. The van der Waals surface area contributed by atoms with E-state index in [2.05, 4.69) is 15.2 Å². The van der Waals surface area contributed by atoms with Crippen LogP contribution in [0, 0.1) is 0 Å². The third-order valence-corrected chi connectivity index (χ3v) is 3.59. The van der Waals surface area contributed by atoms with Gasteiger partial charge in [0.15, 0.2) is 0 Å². The Hall–Kier alpha value is -0.840. The standard InChI is InChI=1S/C13H20ClN3O/c1-18-8-6-16-9-11-3-2-7-17(11)13-4-5-15-10-12(13)14/h4-5,10-11,16H,2-3,6-9H2,1H3. The number of methoxy groups -OCH3 is 1. The molecule has 1 unspecified atom stereocenters. The minimum absolute atomic E-state index is 0.516. The van der Waals surface area contributed by atoms with Gasteiger partial charge in [0.25, 0.3) is 0 Å².